The van der Waals surface area contributed by atoms with Gasteiger partial charge in [-0.25, -0.2) is 0 Å². The Morgan fingerprint density at radius 2 is 2.00 bits per heavy atom. The van der Waals surface area contributed by atoms with Crippen LogP contribution in [0.3, 0.4) is 0 Å². The molecule has 0 rings (SSSR count). The largest absolute Gasteiger partial charge is 0.0710 e. The van der Waals surface area contributed by atoms with Crippen LogP contribution in [0.5, 0.6) is 0 Å². The molecule has 0 aromatic heterocycles. The van der Waals surface area contributed by atoms with Gasteiger partial charge in [0, 0.05) is 0 Å². The third kappa shape index (κ3) is 7.46. The number of unbranched alkanes of at least 4 members (excludes halogenated alkanes) is 1. The van der Waals surface area contributed by atoms with Crippen molar-refractivity contribution in [3.05, 3.63) is 6.92 Å². The van der Waals surface area contributed by atoms with Gasteiger partial charge in [0.1, 0.15) is 0 Å². The molecule has 0 saturated carbocycles. The van der Waals surface area contributed by atoms with Crippen LogP contribution in [0.4, 0.5) is 0 Å². The van der Waals surface area contributed by atoms with Crippen LogP contribution < -0.4 is 0 Å². The van der Waals surface area contributed by atoms with Gasteiger partial charge in [-0.15, -0.1) is 0 Å². The first-order chi connectivity index (χ1) is 3.27. The summed E-state index contributed by atoms with van der Waals surface area (Å²) in [6.45, 7) is 3.75. The van der Waals surface area contributed by atoms with Gasteiger partial charge in [0.05, 0.1) is 1.93 Å². The van der Waals surface area contributed by atoms with E-state index < -0.39 is 0 Å². The van der Waals surface area contributed by atoms with Gasteiger partial charge in [0.2, 0.25) is 0 Å². The quantitative estimate of drug-likeness (QED) is 0.553. The van der Waals surface area contributed by atoms with E-state index in [1.807, 2.05) is 0 Å². The van der Waals surface area contributed by atoms with Crippen LogP contribution in [0, 0.1) is 6.92 Å². The smallest absolute Gasteiger partial charge is 0.0626 e. The third-order valence-corrected chi connectivity index (χ3v) is 1.92. The van der Waals surface area contributed by atoms with Gasteiger partial charge in [-0.1, -0.05) is 64.9 Å². The van der Waals surface area contributed by atoms with Crippen molar-refractivity contribution < 1.29 is 0 Å². The Kier molecular flexibility index (Phi) is 6.76. The minimum absolute atomic E-state index is 0.803. The van der Waals surface area contributed by atoms with Crippen molar-refractivity contribution >= 4 is 45.2 Å². The zero-order valence-corrected chi connectivity index (χ0v) is 8.48. The van der Waals surface area contributed by atoms with E-state index in [0.717, 1.165) is 8.35 Å². The number of hydrogen-bond donors (Lipinski definition) is 0. The molecular weight excluding hydrogens is 314 g/mol. The molecule has 0 aliphatic heterocycles. The Bertz CT molecular complexity index is 35.1. The summed E-state index contributed by atoms with van der Waals surface area (Å²) >= 11 is 4.85. The summed E-state index contributed by atoms with van der Waals surface area (Å²) in [4.78, 5) is 0. The van der Waals surface area contributed by atoms with Gasteiger partial charge in [0.15, 0.2) is 0 Å². The maximum Gasteiger partial charge on any atom is 0.0626 e. The minimum Gasteiger partial charge on any atom is -0.0710 e. The molecule has 0 heterocycles. The van der Waals surface area contributed by atoms with Crippen LogP contribution in [0.2, 0.25) is 0 Å². The average molecular weight is 323 g/mol. The highest BCUT2D eigenvalue weighted by Gasteiger charge is 1.92. The molecule has 0 aliphatic rings. The van der Waals surface area contributed by atoms with E-state index in [0.29, 0.717) is 0 Å². The minimum atomic E-state index is 0.803. The first-order valence-electron chi connectivity index (χ1n) is 2.34. The summed E-state index contributed by atoms with van der Waals surface area (Å²) in [6.07, 6.45) is 3.67. The van der Waals surface area contributed by atoms with Crippen LogP contribution in [0.15, 0.2) is 0 Å². The fourth-order valence-corrected chi connectivity index (χ4v) is 1.18. The highest BCUT2D eigenvalue weighted by molar-refractivity contribution is 14.2. The van der Waals surface area contributed by atoms with E-state index in [1.54, 1.807) is 0 Å². The Balaban J connectivity index is 2.68. The Morgan fingerprint density at radius 1 is 1.43 bits per heavy atom. The second-order valence-corrected chi connectivity index (χ2v) is 6.78. The molecule has 43 valence electrons. The molecule has 2 heteroatoms. The second-order valence-electron chi connectivity index (χ2n) is 1.39. The number of alkyl halides is 2. The predicted molar refractivity (Wildman–Crippen MR) is 51.0 cm³/mol. The fourth-order valence-electron chi connectivity index (χ4n) is 0.299. The van der Waals surface area contributed by atoms with E-state index in [1.165, 1.54) is 12.8 Å². The lowest BCUT2D eigenvalue weighted by molar-refractivity contribution is 0.820. The molecule has 0 aliphatic carbocycles. The van der Waals surface area contributed by atoms with Gasteiger partial charge in [0.25, 0.3) is 0 Å². The SMILES string of the molecule is [CH2]CCCC(I)I. The third-order valence-electron chi connectivity index (χ3n) is 0.672. The van der Waals surface area contributed by atoms with E-state index in [9.17, 15) is 0 Å². The first-order valence-corrected chi connectivity index (χ1v) is 4.84. The van der Waals surface area contributed by atoms with Crippen molar-refractivity contribution in [3.8, 4) is 0 Å². The summed E-state index contributed by atoms with van der Waals surface area (Å²) < 4.78 is 0.803. The fraction of sp³-hybridized carbons (Fsp3) is 0.800. The predicted octanol–water partition coefficient (Wildman–Crippen LogP) is 3.19. The molecule has 0 N–H and O–H groups in total. The summed E-state index contributed by atoms with van der Waals surface area (Å²) in [6, 6.07) is 0. The lowest BCUT2D eigenvalue weighted by atomic mass is 10.3. The maximum absolute atomic E-state index is 3.75. The molecule has 1 radical (unpaired) electrons. The van der Waals surface area contributed by atoms with Crippen molar-refractivity contribution in [1.82, 2.24) is 0 Å². The van der Waals surface area contributed by atoms with Crippen LogP contribution in [0.1, 0.15) is 19.3 Å². The van der Waals surface area contributed by atoms with E-state index in [-0.39, 0.29) is 0 Å². The van der Waals surface area contributed by atoms with E-state index in [2.05, 4.69) is 52.1 Å². The molecule has 0 unspecified atom stereocenters. The molecule has 0 bridgehead atoms. The summed E-state index contributed by atoms with van der Waals surface area (Å²) in [7, 11) is 0. The molecule has 0 aromatic rings. The van der Waals surface area contributed by atoms with Gasteiger partial charge in [-0.2, -0.15) is 0 Å². The first kappa shape index (κ1) is 8.46. The zero-order chi connectivity index (χ0) is 5.70. The second kappa shape index (κ2) is 5.59. The molecule has 0 atom stereocenters. The molecule has 0 aromatic carbocycles. The highest BCUT2D eigenvalue weighted by atomic mass is 127. The Labute approximate surface area is 72.7 Å². The van der Waals surface area contributed by atoms with Gasteiger partial charge < -0.3 is 0 Å². The summed E-state index contributed by atoms with van der Waals surface area (Å²) in [5.74, 6) is 0. The summed E-state index contributed by atoms with van der Waals surface area (Å²) in [5.41, 5.74) is 0. The van der Waals surface area contributed by atoms with Crippen LogP contribution in [0.25, 0.3) is 0 Å². The maximum atomic E-state index is 3.75. The molecule has 0 nitrogen and oxygen atoms in total. The average Bonchev–Trinajstić information content (AvgIpc) is 1.61. The highest BCUT2D eigenvalue weighted by Crippen LogP contribution is 2.16. The van der Waals surface area contributed by atoms with Crippen LogP contribution >= 0.6 is 45.2 Å². The molecule has 7 heavy (non-hydrogen) atoms. The molecule has 0 fully saturated rings. The van der Waals surface area contributed by atoms with Crippen molar-refractivity contribution in [2.45, 2.75) is 21.2 Å². The Hall–Kier alpha value is 1.46. The standard InChI is InChI=1S/C5H9I2/c1-2-3-4-5(6)7/h5H,1-4H2. The van der Waals surface area contributed by atoms with Crippen molar-refractivity contribution in [3.63, 3.8) is 0 Å². The van der Waals surface area contributed by atoms with Gasteiger partial charge in [-0.3, -0.25) is 0 Å². The van der Waals surface area contributed by atoms with Crippen molar-refractivity contribution in [2.75, 3.05) is 0 Å². The molecule has 0 spiro atoms. The van der Waals surface area contributed by atoms with Crippen LogP contribution in [-0.2, 0) is 0 Å². The van der Waals surface area contributed by atoms with Gasteiger partial charge >= 0.3 is 0 Å². The van der Waals surface area contributed by atoms with Gasteiger partial charge in [-0.05, 0) is 6.42 Å². The molecular formula is C5H9I2. The normalized spacial score (nSPS) is 10.3. The molecule has 0 amide bonds. The summed E-state index contributed by atoms with van der Waals surface area (Å²) in [5, 5.41) is 0. The lowest BCUT2D eigenvalue weighted by Gasteiger charge is -1.95. The van der Waals surface area contributed by atoms with E-state index >= 15 is 0 Å². The van der Waals surface area contributed by atoms with Crippen molar-refractivity contribution in [1.29, 1.82) is 0 Å². The topological polar surface area (TPSA) is 0 Å². The zero-order valence-electron chi connectivity index (χ0n) is 4.16. The lowest BCUT2D eigenvalue weighted by Crippen LogP contribution is -1.81. The Morgan fingerprint density at radius 3 is 2.14 bits per heavy atom. The van der Waals surface area contributed by atoms with Crippen LogP contribution in [-0.4, -0.2) is 1.93 Å². The number of halogens is 2. The number of rotatable bonds is 3. The number of hydrogen-bond acceptors (Lipinski definition) is 0. The molecule has 0 saturated heterocycles. The monoisotopic (exact) mass is 323 g/mol. The van der Waals surface area contributed by atoms with Crippen molar-refractivity contribution in [2.24, 2.45) is 0 Å². The van der Waals surface area contributed by atoms with E-state index in [4.69, 9.17) is 0 Å².